The molecular weight excluding hydrogens is 617 g/mol. The number of para-hydroxylation sites is 1. The molecule has 1 nitrogen and oxygen atoms in total. The smallest absolute Gasteiger partial charge is 0.143 e. The Bertz CT molecular complexity index is 3980. The van der Waals surface area contributed by atoms with E-state index in [0.717, 1.165) is 43.6 Å². The minimum atomic E-state index is -0.737. The second-order valence-electron chi connectivity index (χ2n) is 12.4. The van der Waals surface area contributed by atoms with E-state index in [9.17, 15) is 8.22 Å². The number of hydrogen-bond acceptors (Lipinski definition) is 1. The van der Waals surface area contributed by atoms with E-state index in [-0.39, 0.29) is 32.7 Å². The quantitative estimate of drug-likeness (QED) is 0.172. The molecule has 0 radical (unpaired) electrons. The minimum Gasteiger partial charge on any atom is -0.455 e. The van der Waals surface area contributed by atoms with E-state index in [1.807, 2.05) is 66.7 Å². The van der Waals surface area contributed by atoms with Crippen molar-refractivity contribution in [3.63, 3.8) is 0 Å². The van der Waals surface area contributed by atoms with Crippen LogP contribution in [0, 0.1) is 0 Å². The third-order valence-corrected chi connectivity index (χ3v) is 9.72. The second kappa shape index (κ2) is 10.9. The average molecular weight is 662 g/mol. The van der Waals surface area contributed by atoms with Crippen molar-refractivity contribution >= 4 is 75.8 Å². The van der Waals surface area contributed by atoms with Crippen LogP contribution in [0.15, 0.2) is 186 Å². The molecule has 0 aliphatic carbocycles. The highest BCUT2D eigenvalue weighted by atomic mass is 16.3. The van der Waals surface area contributed by atoms with Gasteiger partial charge in [0, 0.05) is 16.3 Å². The van der Waals surface area contributed by atoms with E-state index in [1.165, 1.54) is 0 Å². The predicted molar refractivity (Wildman–Crippen MR) is 218 cm³/mol. The maximum absolute atomic E-state index is 9.48. The Hall–Kier alpha value is -6.70. The Labute approximate surface area is 315 Å². The van der Waals surface area contributed by atoms with E-state index >= 15 is 0 Å². The van der Waals surface area contributed by atoms with E-state index in [2.05, 4.69) is 12.1 Å². The molecule has 10 aromatic carbocycles. The third kappa shape index (κ3) is 4.22. The standard InChI is InChI=1S/C50H30O/c1-2-13-33-29-35(24-23-31(33)11-1)47-40-16-5-7-18-42(40)48(43-19-8-6-17-41(43)47)36-25-27-37-34(30-36)14-9-20-39(37)44-21-10-22-45-49-38-15-4-3-12-32(38)26-28-46(49)51-50(44)45/h1-30H/i1D,2D,5D,6D,7D,8D,11D,13D,16D,17D,18D,19D,23D,24D,29D. The molecule has 0 aliphatic rings. The molecule has 11 rings (SSSR count). The van der Waals surface area contributed by atoms with Crippen molar-refractivity contribution in [1.29, 1.82) is 0 Å². The van der Waals surface area contributed by atoms with Crippen molar-refractivity contribution < 1.29 is 25.0 Å². The average Bonchev–Trinajstić information content (AvgIpc) is 3.72. The predicted octanol–water partition coefficient (Wildman–Crippen LogP) is 14.4. The zero-order valence-electron chi connectivity index (χ0n) is 41.6. The zero-order chi connectivity index (χ0) is 46.5. The lowest BCUT2D eigenvalue weighted by molar-refractivity contribution is 0.670. The molecule has 0 atom stereocenters. The van der Waals surface area contributed by atoms with Crippen molar-refractivity contribution in [3.05, 3.63) is 182 Å². The first-order chi connectivity index (χ1) is 31.5. The van der Waals surface area contributed by atoms with Crippen LogP contribution in [-0.4, -0.2) is 0 Å². The first kappa shape index (κ1) is 17.3. The van der Waals surface area contributed by atoms with E-state index < -0.39 is 107 Å². The highest BCUT2D eigenvalue weighted by Crippen LogP contribution is 2.46. The third-order valence-electron chi connectivity index (χ3n) is 9.72. The van der Waals surface area contributed by atoms with Crippen molar-refractivity contribution in [3.8, 4) is 33.4 Å². The summed E-state index contributed by atoms with van der Waals surface area (Å²) in [6.07, 6.45) is 0. The summed E-state index contributed by atoms with van der Waals surface area (Å²) in [4.78, 5) is 0. The normalized spacial score (nSPS) is 16.0. The molecule has 1 heteroatoms. The lowest BCUT2D eigenvalue weighted by atomic mass is 9.85. The van der Waals surface area contributed by atoms with Gasteiger partial charge in [0.05, 0.1) is 20.6 Å². The molecule has 0 unspecified atom stereocenters. The zero-order valence-corrected chi connectivity index (χ0v) is 26.6. The molecule has 0 saturated carbocycles. The molecule has 0 saturated heterocycles. The monoisotopic (exact) mass is 661 g/mol. The molecule has 0 bridgehead atoms. The molecule has 1 aromatic heterocycles. The van der Waals surface area contributed by atoms with Gasteiger partial charge in [0.2, 0.25) is 0 Å². The summed E-state index contributed by atoms with van der Waals surface area (Å²) in [6.45, 7) is 0. The Kier molecular flexibility index (Phi) is 3.70. The minimum absolute atomic E-state index is 0.0354. The van der Waals surface area contributed by atoms with Gasteiger partial charge in [-0.25, -0.2) is 0 Å². The topological polar surface area (TPSA) is 13.1 Å². The van der Waals surface area contributed by atoms with Gasteiger partial charge in [-0.1, -0.05) is 163 Å². The fourth-order valence-corrected chi connectivity index (χ4v) is 7.52. The van der Waals surface area contributed by atoms with Crippen LogP contribution >= 0.6 is 0 Å². The Morgan fingerprint density at radius 2 is 1.04 bits per heavy atom. The number of furan rings is 1. The highest BCUT2D eigenvalue weighted by Gasteiger charge is 2.19. The summed E-state index contributed by atoms with van der Waals surface area (Å²) in [5.41, 5.74) is 2.57. The van der Waals surface area contributed by atoms with Crippen LogP contribution in [0.1, 0.15) is 20.6 Å². The molecule has 0 N–H and O–H groups in total. The molecule has 1 heterocycles. The van der Waals surface area contributed by atoms with Gasteiger partial charge < -0.3 is 4.42 Å². The van der Waals surface area contributed by atoms with Crippen LogP contribution in [0.25, 0.3) is 109 Å². The lowest BCUT2D eigenvalue weighted by Gasteiger charge is -2.18. The van der Waals surface area contributed by atoms with Gasteiger partial charge in [-0.15, -0.1) is 0 Å². The van der Waals surface area contributed by atoms with Gasteiger partial charge in [-0.2, -0.15) is 0 Å². The van der Waals surface area contributed by atoms with Crippen LogP contribution in [0.2, 0.25) is 0 Å². The van der Waals surface area contributed by atoms with Crippen LogP contribution in [0.3, 0.4) is 0 Å². The molecule has 0 spiro atoms. The van der Waals surface area contributed by atoms with Crippen LogP contribution in [-0.2, 0) is 0 Å². The van der Waals surface area contributed by atoms with Gasteiger partial charge >= 0.3 is 0 Å². The maximum Gasteiger partial charge on any atom is 0.143 e. The number of benzene rings is 10. The van der Waals surface area contributed by atoms with Crippen molar-refractivity contribution in [2.24, 2.45) is 0 Å². The van der Waals surface area contributed by atoms with Crippen LogP contribution < -0.4 is 0 Å². The molecule has 0 amide bonds. The summed E-state index contributed by atoms with van der Waals surface area (Å²) in [5, 5.41) is 3.74. The van der Waals surface area contributed by atoms with Gasteiger partial charge in [0.15, 0.2) is 0 Å². The Morgan fingerprint density at radius 3 is 1.84 bits per heavy atom. The SMILES string of the molecule is [2H]c1c([2H])c([2H])c2c([2H])c(-c3c4c([2H])c([2H])c([2H])c([2H])c4c(-c4ccc5c(-c6cccc7c6oc6ccc8ccccc8c67)cccc5c4)c4c([2H])c([2H])c([2H])c([2H])c34)c([2H])c([2H])c2c1[2H]. The van der Waals surface area contributed by atoms with Crippen molar-refractivity contribution in [1.82, 2.24) is 0 Å². The molecule has 51 heavy (non-hydrogen) atoms. The first-order valence-corrected chi connectivity index (χ1v) is 16.4. The second-order valence-corrected chi connectivity index (χ2v) is 12.4. The molecule has 11 aromatic rings. The van der Waals surface area contributed by atoms with Crippen molar-refractivity contribution in [2.45, 2.75) is 0 Å². The molecule has 0 fully saturated rings. The summed E-state index contributed by atoms with van der Waals surface area (Å²) in [5.74, 6) is 0. The fourth-order valence-electron chi connectivity index (χ4n) is 7.52. The lowest BCUT2D eigenvalue weighted by Crippen LogP contribution is -1.91. The largest absolute Gasteiger partial charge is 0.455 e. The number of hydrogen-bond donors (Lipinski definition) is 0. The summed E-state index contributed by atoms with van der Waals surface area (Å²) in [6, 6.07) is 19.1. The fraction of sp³-hybridized carbons (Fsp3) is 0. The van der Waals surface area contributed by atoms with Crippen molar-refractivity contribution in [2.75, 3.05) is 0 Å². The Morgan fingerprint density at radius 1 is 0.392 bits per heavy atom. The summed E-state index contributed by atoms with van der Waals surface area (Å²) >= 11 is 0. The maximum atomic E-state index is 9.48. The van der Waals surface area contributed by atoms with Gasteiger partial charge in [-0.05, 0) is 99.9 Å². The Balaban J connectivity index is 1.27. The molecule has 236 valence electrons. The van der Waals surface area contributed by atoms with Gasteiger partial charge in [0.25, 0.3) is 0 Å². The van der Waals surface area contributed by atoms with E-state index in [0.29, 0.717) is 16.5 Å². The van der Waals surface area contributed by atoms with Crippen LogP contribution in [0.5, 0.6) is 0 Å². The molecule has 0 aliphatic heterocycles. The van der Waals surface area contributed by atoms with E-state index in [1.54, 1.807) is 12.1 Å². The van der Waals surface area contributed by atoms with E-state index in [4.69, 9.17) is 16.8 Å². The first-order valence-electron chi connectivity index (χ1n) is 23.9. The highest BCUT2D eigenvalue weighted by molar-refractivity contribution is 6.23. The van der Waals surface area contributed by atoms with Crippen LogP contribution in [0.4, 0.5) is 0 Å². The number of rotatable bonds is 3. The summed E-state index contributed by atoms with van der Waals surface area (Å²) in [7, 11) is 0. The molecular formula is C50H30O. The summed E-state index contributed by atoms with van der Waals surface area (Å²) < 4.78 is 141. The van der Waals surface area contributed by atoms with Gasteiger partial charge in [-0.3, -0.25) is 0 Å². The number of fused-ring (bicyclic) bond motifs is 9. The van der Waals surface area contributed by atoms with Gasteiger partial charge in [0.1, 0.15) is 11.2 Å².